The molecular weight excluding hydrogens is 212 g/mol. The van der Waals surface area contributed by atoms with Crippen LogP contribution >= 0.6 is 0 Å². The number of sulfonamides is 1. The third-order valence-corrected chi connectivity index (χ3v) is 3.40. The standard InChI is InChI=1S/C10H14N2O2S/c11-15(13,14)6-5-9-7-8-3-1-2-4-10(8)12-9/h1-4,9,12H,5-7H2,(H2,11,13,14). The highest BCUT2D eigenvalue weighted by atomic mass is 32.2. The minimum atomic E-state index is -3.34. The van der Waals surface area contributed by atoms with Gasteiger partial charge in [-0.25, -0.2) is 13.6 Å². The summed E-state index contributed by atoms with van der Waals surface area (Å²) in [5.74, 6) is 0.0403. The van der Waals surface area contributed by atoms with Crippen molar-refractivity contribution in [3.8, 4) is 0 Å². The molecule has 1 heterocycles. The van der Waals surface area contributed by atoms with E-state index in [4.69, 9.17) is 5.14 Å². The lowest BCUT2D eigenvalue weighted by Crippen LogP contribution is -2.24. The highest BCUT2D eigenvalue weighted by Gasteiger charge is 2.20. The molecule has 1 aliphatic rings. The molecule has 1 aliphatic heterocycles. The normalized spacial score (nSPS) is 19.7. The van der Waals surface area contributed by atoms with Crippen LogP contribution in [0.1, 0.15) is 12.0 Å². The molecule has 0 radical (unpaired) electrons. The number of fused-ring (bicyclic) bond motifs is 1. The Labute approximate surface area is 89.5 Å². The number of hydrogen-bond donors (Lipinski definition) is 2. The molecule has 4 nitrogen and oxygen atoms in total. The van der Waals surface area contributed by atoms with Gasteiger partial charge in [0.25, 0.3) is 0 Å². The second-order valence-electron chi connectivity index (χ2n) is 3.86. The molecule has 0 saturated carbocycles. The molecule has 0 amide bonds. The van der Waals surface area contributed by atoms with Crippen molar-refractivity contribution < 1.29 is 8.42 Å². The van der Waals surface area contributed by atoms with Gasteiger partial charge < -0.3 is 5.32 Å². The van der Waals surface area contributed by atoms with Crippen molar-refractivity contribution in [1.82, 2.24) is 0 Å². The highest BCUT2D eigenvalue weighted by Crippen LogP contribution is 2.26. The van der Waals surface area contributed by atoms with Crippen LogP contribution in [0.2, 0.25) is 0 Å². The first kappa shape index (κ1) is 10.4. The zero-order valence-electron chi connectivity index (χ0n) is 8.31. The van der Waals surface area contributed by atoms with E-state index in [2.05, 4.69) is 11.4 Å². The molecule has 82 valence electrons. The van der Waals surface area contributed by atoms with Crippen LogP contribution in [0.25, 0.3) is 0 Å². The average Bonchev–Trinajstić information content (AvgIpc) is 2.56. The molecule has 1 atom stereocenters. The van der Waals surface area contributed by atoms with E-state index in [1.807, 2.05) is 18.2 Å². The van der Waals surface area contributed by atoms with Crippen molar-refractivity contribution in [1.29, 1.82) is 0 Å². The van der Waals surface area contributed by atoms with E-state index in [-0.39, 0.29) is 11.8 Å². The minimum absolute atomic E-state index is 0.0403. The number of anilines is 1. The maximum absolute atomic E-state index is 10.8. The smallest absolute Gasteiger partial charge is 0.209 e. The van der Waals surface area contributed by atoms with Gasteiger partial charge in [0.15, 0.2) is 0 Å². The van der Waals surface area contributed by atoms with Gasteiger partial charge in [0.05, 0.1) is 5.75 Å². The quantitative estimate of drug-likeness (QED) is 0.797. The molecule has 0 bridgehead atoms. The first-order valence-corrected chi connectivity index (χ1v) is 6.61. The summed E-state index contributed by atoms with van der Waals surface area (Å²) in [6.07, 6.45) is 1.44. The van der Waals surface area contributed by atoms with E-state index in [9.17, 15) is 8.42 Å². The van der Waals surface area contributed by atoms with E-state index >= 15 is 0 Å². The predicted octanol–water partition coefficient (Wildman–Crippen LogP) is 0.702. The van der Waals surface area contributed by atoms with Crippen LogP contribution in [0.4, 0.5) is 5.69 Å². The molecule has 1 unspecified atom stereocenters. The molecule has 0 fully saturated rings. The number of nitrogens with one attached hydrogen (secondary N) is 1. The zero-order chi connectivity index (χ0) is 10.9. The maximum Gasteiger partial charge on any atom is 0.209 e. The Balaban J connectivity index is 1.96. The average molecular weight is 226 g/mol. The molecule has 0 aromatic heterocycles. The summed E-state index contributed by atoms with van der Waals surface area (Å²) < 4.78 is 21.6. The minimum Gasteiger partial charge on any atom is -0.382 e. The predicted molar refractivity (Wildman–Crippen MR) is 60.1 cm³/mol. The number of primary sulfonamides is 1. The lowest BCUT2D eigenvalue weighted by molar-refractivity contribution is 0.590. The van der Waals surface area contributed by atoms with Gasteiger partial charge in [-0.1, -0.05) is 18.2 Å². The van der Waals surface area contributed by atoms with E-state index in [1.165, 1.54) is 5.56 Å². The SMILES string of the molecule is NS(=O)(=O)CCC1Cc2ccccc2N1. The topological polar surface area (TPSA) is 72.2 Å². The van der Waals surface area contributed by atoms with Crippen LogP contribution in [0.3, 0.4) is 0 Å². The second-order valence-corrected chi connectivity index (χ2v) is 5.59. The molecule has 0 saturated heterocycles. The summed E-state index contributed by atoms with van der Waals surface area (Å²) in [7, 11) is -3.34. The van der Waals surface area contributed by atoms with Gasteiger partial charge >= 0.3 is 0 Å². The summed E-state index contributed by atoms with van der Waals surface area (Å²) >= 11 is 0. The molecule has 0 spiro atoms. The Kier molecular flexibility index (Phi) is 2.67. The summed E-state index contributed by atoms with van der Waals surface area (Å²) in [4.78, 5) is 0. The molecule has 5 heteroatoms. The fourth-order valence-corrected chi connectivity index (χ4v) is 2.47. The third-order valence-electron chi connectivity index (χ3n) is 2.59. The second kappa shape index (κ2) is 3.83. The van der Waals surface area contributed by atoms with Crippen LogP contribution in [-0.4, -0.2) is 20.2 Å². The van der Waals surface area contributed by atoms with E-state index < -0.39 is 10.0 Å². The van der Waals surface area contributed by atoms with Gasteiger partial charge in [-0.05, 0) is 24.5 Å². The van der Waals surface area contributed by atoms with Crippen molar-refractivity contribution in [2.24, 2.45) is 5.14 Å². The van der Waals surface area contributed by atoms with Gasteiger partial charge in [0, 0.05) is 11.7 Å². The van der Waals surface area contributed by atoms with Crippen LogP contribution in [-0.2, 0) is 16.4 Å². The van der Waals surface area contributed by atoms with Crippen molar-refractivity contribution in [2.75, 3.05) is 11.1 Å². The fraction of sp³-hybridized carbons (Fsp3) is 0.400. The molecule has 15 heavy (non-hydrogen) atoms. The molecule has 3 N–H and O–H groups in total. The van der Waals surface area contributed by atoms with Crippen molar-refractivity contribution in [2.45, 2.75) is 18.9 Å². The van der Waals surface area contributed by atoms with Crippen LogP contribution in [0.5, 0.6) is 0 Å². The van der Waals surface area contributed by atoms with Crippen molar-refractivity contribution in [3.05, 3.63) is 29.8 Å². The van der Waals surface area contributed by atoms with Gasteiger partial charge in [-0.15, -0.1) is 0 Å². The van der Waals surface area contributed by atoms with Gasteiger partial charge in [-0.3, -0.25) is 0 Å². The Bertz CT molecular complexity index is 431. The lowest BCUT2D eigenvalue weighted by Gasteiger charge is -2.09. The lowest BCUT2D eigenvalue weighted by atomic mass is 10.1. The summed E-state index contributed by atoms with van der Waals surface area (Å²) in [6.45, 7) is 0. The van der Waals surface area contributed by atoms with Gasteiger partial charge in [0.1, 0.15) is 0 Å². The summed E-state index contributed by atoms with van der Waals surface area (Å²) in [5, 5.41) is 8.25. The molecule has 1 aromatic rings. The Morgan fingerprint density at radius 2 is 2.13 bits per heavy atom. The summed E-state index contributed by atoms with van der Waals surface area (Å²) in [6, 6.07) is 8.21. The van der Waals surface area contributed by atoms with Crippen LogP contribution < -0.4 is 10.5 Å². The van der Waals surface area contributed by atoms with E-state index in [1.54, 1.807) is 0 Å². The zero-order valence-corrected chi connectivity index (χ0v) is 9.13. The Hall–Kier alpha value is -1.07. The van der Waals surface area contributed by atoms with Crippen LogP contribution in [0, 0.1) is 0 Å². The van der Waals surface area contributed by atoms with E-state index in [0.717, 1.165) is 12.1 Å². The monoisotopic (exact) mass is 226 g/mol. The number of nitrogens with two attached hydrogens (primary N) is 1. The first-order valence-electron chi connectivity index (χ1n) is 4.89. The number of rotatable bonds is 3. The van der Waals surface area contributed by atoms with Crippen LogP contribution in [0.15, 0.2) is 24.3 Å². The van der Waals surface area contributed by atoms with Crippen molar-refractivity contribution >= 4 is 15.7 Å². The number of hydrogen-bond acceptors (Lipinski definition) is 3. The number of benzene rings is 1. The molecule has 1 aromatic carbocycles. The maximum atomic E-state index is 10.8. The fourth-order valence-electron chi connectivity index (χ4n) is 1.86. The van der Waals surface area contributed by atoms with Gasteiger partial charge in [0.2, 0.25) is 10.0 Å². The molecule has 0 aliphatic carbocycles. The third kappa shape index (κ3) is 2.70. The number of para-hydroxylation sites is 1. The van der Waals surface area contributed by atoms with Crippen molar-refractivity contribution in [3.63, 3.8) is 0 Å². The highest BCUT2D eigenvalue weighted by molar-refractivity contribution is 7.89. The Morgan fingerprint density at radius 1 is 1.40 bits per heavy atom. The molecular formula is C10H14N2O2S. The molecule has 2 rings (SSSR count). The first-order chi connectivity index (χ1) is 7.04. The van der Waals surface area contributed by atoms with E-state index in [0.29, 0.717) is 6.42 Å². The summed E-state index contributed by atoms with van der Waals surface area (Å²) in [5.41, 5.74) is 2.36. The Morgan fingerprint density at radius 3 is 2.80 bits per heavy atom. The largest absolute Gasteiger partial charge is 0.382 e. The van der Waals surface area contributed by atoms with Gasteiger partial charge in [-0.2, -0.15) is 0 Å².